The fourth-order valence-corrected chi connectivity index (χ4v) is 3.28. The van der Waals surface area contributed by atoms with Crippen LogP contribution in [0.25, 0.3) is 10.2 Å². The van der Waals surface area contributed by atoms with E-state index in [-0.39, 0.29) is 18.3 Å². The quantitative estimate of drug-likeness (QED) is 0.518. The van der Waals surface area contributed by atoms with Gasteiger partial charge in [-0.25, -0.2) is 9.78 Å². The van der Waals surface area contributed by atoms with Crippen molar-refractivity contribution in [2.75, 3.05) is 23.9 Å². The van der Waals surface area contributed by atoms with Gasteiger partial charge in [0.2, 0.25) is 0 Å². The maximum absolute atomic E-state index is 11.9. The second-order valence-electron chi connectivity index (χ2n) is 4.69. The minimum Gasteiger partial charge on any atom is -0.394 e. The van der Waals surface area contributed by atoms with E-state index in [1.165, 1.54) is 12.1 Å². The highest BCUT2D eigenvalue weighted by atomic mass is 32.2. The summed E-state index contributed by atoms with van der Waals surface area (Å²) in [5, 5.41) is 25.6. The number of hydrogen-bond donors (Lipinski definition) is 3. The average molecular weight is 356 g/mol. The number of non-ortho nitro benzene ring substituents is 1. The highest BCUT2D eigenvalue weighted by molar-refractivity contribution is 7.98. The lowest BCUT2D eigenvalue weighted by molar-refractivity contribution is -0.384. The topological polar surface area (TPSA) is 117 Å². The molecule has 23 heavy (non-hydrogen) atoms. The number of urea groups is 1. The van der Waals surface area contributed by atoms with Gasteiger partial charge in [-0.2, -0.15) is 11.8 Å². The van der Waals surface area contributed by atoms with E-state index in [4.69, 9.17) is 0 Å². The Kier molecular flexibility index (Phi) is 6.13. The number of rotatable bonds is 7. The Morgan fingerprint density at radius 2 is 2.35 bits per heavy atom. The number of thiazole rings is 1. The minimum absolute atomic E-state index is 0.0189. The number of carbonyl (C=O) groups excluding carboxylic acids is 1. The van der Waals surface area contributed by atoms with Crippen LogP contribution in [0.4, 0.5) is 15.6 Å². The highest BCUT2D eigenvalue weighted by Gasteiger charge is 2.14. The molecular weight excluding hydrogens is 340 g/mol. The molecule has 0 saturated carbocycles. The molecule has 0 aliphatic heterocycles. The van der Waals surface area contributed by atoms with Crippen LogP contribution in [-0.4, -0.2) is 45.7 Å². The molecule has 1 aromatic heterocycles. The van der Waals surface area contributed by atoms with Crippen molar-refractivity contribution in [1.82, 2.24) is 10.3 Å². The first-order valence-corrected chi connectivity index (χ1v) is 8.97. The number of thioether (sulfide) groups is 1. The summed E-state index contributed by atoms with van der Waals surface area (Å²) in [4.78, 5) is 26.4. The molecule has 0 unspecified atom stereocenters. The van der Waals surface area contributed by atoms with Crippen molar-refractivity contribution in [2.45, 2.75) is 12.5 Å². The zero-order chi connectivity index (χ0) is 16.8. The fourth-order valence-electron chi connectivity index (χ4n) is 1.87. The summed E-state index contributed by atoms with van der Waals surface area (Å²) in [7, 11) is 0. The van der Waals surface area contributed by atoms with Gasteiger partial charge in [-0.15, -0.1) is 0 Å². The number of amides is 2. The van der Waals surface area contributed by atoms with Crippen molar-refractivity contribution < 1.29 is 14.8 Å². The number of benzene rings is 1. The van der Waals surface area contributed by atoms with Crippen molar-refractivity contribution in [1.29, 1.82) is 0 Å². The Morgan fingerprint density at radius 1 is 1.57 bits per heavy atom. The summed E-state index contributed by atoms with van der Waals surface area (Å²) in [6, 6.07) is 3.56. The summed E-state index contributed by atoms with van der Waals surface area (Å²) in [5.41, 5.74) is 0.562. The number of hydrogen-bond acceptors (Lipinski definition) is 7. The predicted octanol–water partition coefficient (Wildman–Crippen LogP) is 2.44. The van der Waals surface area contributed by atoms with Gasteiger partial charge in [-0.1, -0.05) is 11.3 Å². The standard InChI is InChI=1S/C13H16N4O4S2/c1-22-5-4-8(7-18)14-12(19)16-13-15-10-3-2-9(17(20)21)6-11(10)23-13/h2-3,6,8,18H,4-5,7H2,1H3,(H2,14,15,16,19)/t8-/m0/s1. The van der Waals surface area contributed by atoms with E-state index in [1.54, 1.807) is 17.8 Å². The monoisotopic (exact) mass is 356 g/mol. The molecule has 1 atom stereocenters. The Hall–Kier alpha value is -1.91. The molecule has 1 heterocycles. The fraction of sp³-hybridized carbons (Fsp3) is 0.385. The number of aliphatic hydroxyl groups excluding tert-OH is 1. The lowest BCUT2D eigenvalue weighted by Gasteiger charge is -2.15. The Labute approximate surface area is 140 Å². The van der Waals surface area contributed by atoms with Crippen molar-refractivity contribution in [3.8, 4) is 0 Å². The van der Waals surface area contributed by atoms with Gasteiger partial charge in [0.05, 0.1) is 27.8 Å². The molecule has 0 saturated heterocycles. The van der Waals surface area contributed by atoms with Crippen molar-refractivity contribution in [3.63, 3.8) is 0 Å². The molecule has 2 aromatic rings. The Balaban J connectivity index is 2.03. The number of nitrogens with one attached hydrogen (secondary N) is 2. The van der Waals surface area contributed by atoms with Gasteiger partial charge in [0.25, 0.3) is 5.69 Å². The van der Waals surface area contributed by atoms with Gasteiger partial charge < -0.3 is 10.4 Å². The SMILES string of the molecule is CSCC[C@@H](CO)NC(=O)Nc1nc2ccc([N+](=O)[O-])cc2s1. The molecule has 3 N–H and O–H groups in total. The van der Waals surface area contributed by atoms with Crippen LogP contribution in [0, 0.1) is 10.1 Å². The third-order valence-corrected chi connectivity index (χ3v) is 4.61. The summed E-state index contributed by atoms with van der Waals surface area (Å²) >= 11 is 2.79. The van der Waals surface area contributed by atoms with Gasteiger partial charge in [-0.3, -0.25) is 15.4 Å². The van der Waals surface area contributed by atoms with Crippen molar-refractivity contribution in [3.05, 3.63) is 28.3 Å². The summed E-state index contributed by atoms with van der Waals surface area (Å²) in [6.45, 7) is -0.139. The summed E-state index contributed by atoms with van der Waals surface area (Å²) in [6.07, 6.45) is 2.62. The third kappa shape index (κ3) is 4.78. The molecular formula is C13H16N4O4S2. The van der Waals surface area contributed by atoms with E-state index < -0.39 is 11.0 Å². The molecule has 2 rings (SSSR count). The number of fused-ring (bicyclic) bond motifs is 1. The zero-order valence-electron chi connectivity index (χ0n) is 12.3. The first-order valence-electron chi connectivity index (χ1n) is 6.75. The number of anilines is 1. The minimum atomic E-state index is -0.476. The van der Waals surface area contributed by atoms with Gasteiger partial charge in [-0.05, 0) is 24.5 Å². The Bertz CT molecular complexity index is 706. The van der Waals surface area contributed by atoms with Crippen molar-refractivity contribution >= 4 is 50.2 Å². The molecule has 0 bridgehead atoms. The second kappa shape index (κ2) is 8.09. The maximum atomic E-state index is 11.9. The predicted molar refractivity (Wildman–Crippen MR) is 92.3 cm³/mol. The zero-order valence-corrected chi connectivity index (χ0v) is 13.9. The van der Waals surface area contributed by atoms with Gasteiger partial charge in [0.15, 0.2) is 5.13 Å². The number of aliphatic hydroxyl groups is 1. The molecule has 0 aliphatic rings. The van der Waals surface area contributed by atoms with Crippen LogP contribution in [0.1, 0.15) is 6.42 Å². The number of nitro groups is 1. The van der Waals surface area contributed by atoms with E-state index in [0.29, 0.717) is 21.8 Å². The molecule has 0 spiro atoms. The number of aromatic nitrogens is 1. The molecule has 2 amide bonds. The van der Waals surface area contributed by atoms with Gasteiger partial charge in [0, 0.05) is 12.1 Å². The normalized spacial score (nSPS) is 12.1. The Morgan fingerprint density at radius 3 is 3.00 bits per heavy atom. The van der Waals surface area contributed by atoms with Gasteiger partial charge >= 0.3 is 6.03 Å². The van der Waals surface area contributed by atoms with Crippen LogP contribution >= 0.6 is 23.1 Å². The van der Waals surface area contributed by atoms with Crippen LogP contribution < -0.4 is 10.6 Å². The van der Waals surface area contributed by atoms with Crippen LogP contribution in [0.2, 0.25) is 0 Å². The molecule has 0 radical (unpaired) electrons. The molecule has 1 aromatic carbocycles. The van der Waals surface area contributed by atoms with Crippen LogP contribution in [-0.2, 0) is 0 Å². The lowest BCUT2D eigenvalue weighted by Crippen LogP contribution is -2.40. The molecule has 8 nitrogen and oxygen atoms in total. The van der Waals surface area contributed by atoms with Crippen molar-refractivity contribution in [2.24, 2.45) is 0 Å². The molecule has 0 aliphatic carbocycles. The van der Waals surface area contributed by atoms with E-state index in [0.717, 1.165) is 17.1 Å². The van der Waals surface area contributed by atoms with Gasteiger partial charge in [0.1, 0.15) is 0 Å². The molecule has 0 fully saturated rings. The summed E-state index contributed by atoms with van der Waals surface area (Å²) < 4.78 is 0.621. The second-order valence-corrected chi connectivity index (χ2v) is 6.70. The largest absolute Gasteiger partial charge is 0.394 e. The first-order chi connectivity index (χ1) is 11.0. The van der Waals surface area contributed by atoms with Crippen LogP contribution in [0.3, 0.4) is 0 Å². The van der Waals surface area contributed by atoms with E-state index in [1.807, 2.05) is 6.26 Å². The lowest BCUT2D eigenvalue weighted by atomic mass is 10.2. The number of nitrogens with zero attached hydrogens (tertiary/aromatic N) is 2. The van der Waals surface area contributed by atoms with Crippen LogP contribution in [0.5, 0.6) is 0 Å². The molecule has 10 heteroatoms. The molecule has 124 valence electrons. The third-order valence-electron chi connectivity index (χ3n) is 3.03. The van der Waals surface area contributed by atoms with Crippen LogP contribution in [0.15, 0.2) is 18.2 Å². The highest BCUT2D eigenvalue weighted by Crippen LogP contribution is 2.29. The van der Waals surface area contributed by atoms with E-state index >= 15 is 0 Å². The van der Waals surface area contributed by atoms with E-state index in [2.05, 4.69) is 15.6 Å². The summed E-state index contributed by atoms with van der Waals surface area (Å²) in [5.74, 6) is 0.830. The number of nitro benzene ring substituents is 1. The maximum Gasteiger partial charge on any atom is 0.321 e. The average Bonchev–Trinajstić information content (AvgIpc) is 2.92. The van der Waals surface area contributed by atoms with E-state index in [9.17, 15) is 20.0 Å². The smallest absolute Gasteiger partial charge is 0.321 e. The first kappa shape index (κ1) is 17.4. The number of carbonyl (C=O) groups is 1.